The summed E-state index contributed by atoms with van der Waals surface area (Å²) in [4.78, 5) is 6.61. The van der Waals surface area contributed by atoms with Crippen molar-refractivity contribution in [3.05, 3.63) is 44.8 Å². The normalized spacial score (nSPS) is 10.8. The fraction of sp³-hybridized carbons (Fsp3) is 0.400. The van der Waals surface area contributed by atoms with E-state index in [1.54, 1.807) is 11.3 Å². The molecule has 1 heterocycles. The molecule has 0 bridgehead atoms. The van der Waals surface area contributed by atoms with Crippen molar-refractivity contribution in [2.24, 2.45) is 0 Å². The van der Waals surface area contributed by atoms with Crippen molar-refractivity contribution in [2.75, 3.05) is 18.5 Å². The molecule has 0 unspecified atom stereocenters. The minimum Gasteiger partial charge on any atom is -0.368 e. The average molecular weight is 354 g/mol. The van der Waals surface area contributed by atoms with Gasteiger partial charge in [-0.3, -0.25) is 0 Å². The second kappa shape index (κ2) is 7.76. The standard InChI is InChI=1S/C15H20BrN3S/c1-3-6-17-8-12-7-13(16)4-5-15(12)19(2)9-14-10-20-11-18-14/h4-5,7,10-11,17H,3,6,8-9H2,1-2H3. The molecule has 1 aromatic heterocycles. The van der Waals surface area contributed by atoms with Crippen molar-refractivity contribution >= 4 is 33.0 Å². The molecule has 2 aromatic rings. The van der Waals surface area contributed by atoms with Crippen LogP contribution in [-0.4, -0.2) is 18.6 Å². The van der Waals surface area contributed by atoms with Crippen LogP contribution in [0.1, 0.15) is 24.6 Å². The van der Waals surface area contributed by atoms with Gasteiger partial charge in [-0.25, -0.2) is 4.98 Å². The van der Waals surface area contributed by atoms with E-state index in [-0.39, 0.29) is 0 Å². The van der Waals surface area contributed by atoms with Gasteiger partial charge in [0.15, 0.2) is 0 Å². The Morgan fingerprint density at radius 2 is 2.25 bits per heavy atom. The van der Waals surface area contributed by atoms with Crippen LogP contribution in [0.4, 0.5) is 5.69 Å². The number of nitrogens with one attached hydrogen (secondary N) is 1. The lowest BCUT2D eigenvalue weighted by atomic mass is 10.1. The molecule has 0 saturated heterocycles. The molecular formula is C15H20BrN3S. The SMILES string of the molecule is CCCNCc1cc(Br)ccc1N(C)Cc1cscn1. The first-order chi connectivity index (χ1) is 9.70. The molecule has 3 nitrogen and oxygen atoms in total. The molecule has 1 N–H and O–H groups in total. The summed E-state index contributed by atoms with van der Waals surface area (Å²) in [6.07, 6.45) is 1.15. The molecule has 108 valence electrons. The number of thiazole rings is 1. The van der Waals surface area contributed by atoms with E-state index in [2.05, 4.69) is 68.7 Å². The zero-order valence-corrected chi connectivity index (χ0v) is 14.3. The van der Waals surface area contributed by atoms with Gasteiger partial charge >= 0.3 is 0 Å². The van der Waals surface area contributed by atoms with Crippen LogP contribution in [0.5, 0.6) is 0 Å². The predicted octanol–water partition coefficient (Wildman–Crippen LogP) is 4.04. The Balaban J connectivity index is 2.12. The molecule has 5 heteroatoms. The fourth-order valence-corrected chi connectivity index (χ4v) is 3.07. The number of halogens is 1. The number of hydrogen-bond donors (Lipinski definition) is 1. The van der Waals surface area contributed by atoms with Crippen LogP contribution in [0, 0.1) is 0 Å². The lowest BCUT2D eigenvalue weighted by Crippen LogP contribution is -2.21. The summed E-state index contributed by atoms with van der Waals surface area (Å²) < 4.78 is 1.12. The van der Waals surface area contributed by atoms with E-state index in [1.807, 2.05) is 5.51 Å². The highest BCUT2D eigenvalue weighted by atomic mass is 79.9. The third-order valence-corrected chi connectivity index (χ3v) is 4.21. The molecule has 0 saturated carbocycles. The number of aromatic nitrogens is 1. The Labute approximate surface area is 133 Å². The number of rotatable bonds is 7. The van der Waals surface area contributed by atoms with Crippen LogP contribution in [0.2, 0.25) is 0 Å². The van der Waals surface area contributed by atoms with Gasteiger partial charge < -0.3 is 10.2 Å². The summed E-state index contributed by atoms with van der Waals surface area (Å²) in [5.74, 6) is 0. The van der Waals surface area contributed by atoms with Gasteiger partial charge in [-0.15, -0.1) is 11.3 Å². The van der Waals surface area contributed by atoms with E-state index >= 15 is 0 Å². The monoisotopic (exact) mass is 353 g/mol. The summed E-state index contributed by atoms with van der Waals surface area (Å²) >= 11 is 5.20. The maximum Gasteiger partial charge on any atom is 0.0795 e. The fourth-order valence-electron chi connectivity index (χ4n) is 2.11. The quantitative estimate of drug-likeness (QED) is 0.761. The van der Waals surface area contributed by atoms with Crippen molar-refractivity contribution < 1.29 is 0 Å². The largest absolute Gasteiger partial charge is 0.368 e. The first kappa shape index (κ1) is 15.5. The number of benzene rings is 1. The van der Waals surface area contributed by atoms with Crippen molar-refractivity contribution in [1.82, 2.24) is 10.3 Å². The van der Waals surface area contributed by atoms with Gasteiger partial charge in [0.05, 0.1) is 17.7 Å². The van der Waals surface area contributed by atoms with E-state index < -0.39 is 0 Å². The Morgan fingerprint density at radius 3 is 2.95 bits per heavy atom. The van der Waals surface area contributed by atoms with Crippen LogP contribution in [0.15, 0.2) is 33.6 Å². The third-order valence-electron chi connectivity index (χ3n) is 3.08. The van der Waals surface area contributed by atoms with Gasteiger partial charge in [-0.1, -0.05) is 22.9 Å². The molecule has 0 atom stereocenters. The Bertz CT molecular complexity index is 528. The van der Waals surface area contributed by atoms with Gasteiger partial charge in [0.1, 0.15) is 0 Å². The van der Waals surface area contributed by atoms with Gasteiger partial charge in [0.2, 0.25) is 0 Å². The molecule has 20 heavy (non-hydrogen) atoms. The first-order valence-electron chi connectivity index (χ1n) is 6.78. The van der Waals surface area contributed by atoms with E-state index in [9.17, 15) is 0 Å². The third kappa shape index (κ3) is 4.30. The van der Waals surface area contributed by atoms with E-state index in [1.165, 1.54) is 11.3 Å². The van der Waals surface area contributed by atoms with Crippen molar-refractivity contribution in [1.29, 1.82) is 0 Å². The van der Waals surface area contributed by atoms with Crippen LogP contribution in [0.25, 0.3) is 0 Å². The molecule has 0 aliphatic rings. The summed E-state index contributed by atoms with van der Waals surface area (Å²) in [5.41, 5.74) is 5.57. The summed E-state index contributed by atoms with van der Waals surface area (Å²) in [6.45, 7) is 4.96. The molecule has 0 radical (unpaired) electrons. The van der Waals surface area contributed by atoms with Gasteiger partial charge in [-0.05, 0) is 36.7 Å². The van der Waals surface area contributed by atoms with Crippen molar-refractivity contribution in [3.8, 4) is 0 Å². The molecule has 0 aliphatic heterocycles. The zero-order valence-electron chi connectivity index (χ0n) is 11.9. The lowest BCUT2D eigenvalue weighted by molar-refractivity contribution is 0.673. The summed E-state index contributed by atoms with van der Waals surface area (Å²) in [6, 6.07) is 6.45. The maximum atomic E-state index is 4.36. The topological polar surface area (TPSA) is 28.2 Å². The van der Waals surface area contributed by atoms with Gasteiger partial charge in [-0.2, -0.15) is 0 Å². The minimum absolute atomic E-state index is 0.839. The Kier molecular flexibility index (Phi) is 6.01. The van der Waals surface area contributed by atoms with E-state index in [0.717, 1.165) is 36.2 Å². The highest BCUT2D eigenvalue weighted by Crippen LogP contribution is 2.25. The molecule has 0 aliphatic carbocycles. The van der Waals surface area contributed by atoms with E-state index in [4.69, 9.17) is 0 Å². The summed E-state index contributed by atoms with van der Waals surface area (Å²) in [7, 11) is 2.12. The van der Waals surface area contributed by atoms with Gasteiger partial charge in [0, 0.05) is 29.1 Å². The molecule has 1 aromatic carbocycles. The Hall–Kier alpha value is -0.910. The number of nitrogens with zero attached hydrogens (tertiary/aromatic N) is 2. The van der Waals surface area contributed by atoms with Crippen molar-refractivity contribution in [2.45, 2.75) is 26.4 Å². The summed E-state index contributed by atoms with van der Waals surface area (Å²) in [5, 5.41) is 5.57. The highest BCUT2D eigenvalue weighted by Gasteiger charge is 2.09. The average Bonchev–Trinajstić information content (AvgIpc) is 2.92. The molecule has 0 amide bonds. The number of anilines is 1. The van der Waals surface area contributed by atoms with Crippen LogP contribution in [-0.2, 0) is 13.1 Å². The van der Waals surface area contributed by atoms with E-state index in [0.29, 0.717) is 0 Å². The maximum absolute atomic E-state index is 4.36. The minimum atomic E-state index is 0.839. The Morgan fingerprint density at radius 1 is 1.40 bits per heavy atom. The molecule has 0 spiro atoms. The number of hydrogen-bond acceptors (Lipinski definition) is 4. The lowest BCUT2D eigenvalue weighted by Gasteiger charge is -2.22. The molecule has 2 rings (SSSR count). The van der Waals surface area contributed by atoms with Crippen LogP contribution in [0.3, 0.4) is 0 Å². The zero-order chi connectivity index (χ0) is 14.4. The first-order valence-corrected chi connectivity index (χ1v) is 8.51. The van der Waals surface area contributed by atoms with Gasteiger partial charge in [0.25, 0.3) is 0 Å². The highest BCUT2D eigenvalue weighted by molar-refractivity contribution is 9.10. The van der Waals surface area contributed by atoms with Crippen LogP contribution >= 0.6 is 27.3 Å². The molecular weight excluding hydrogens is 334 g/mol. The molecule has 0 fully saturated rings. The second-order valence-electron chi connectivity index (χ2n) is 4.79. The van der Waals surface area contributed by atoms with Crippen molar-refractivity contribution in [3.63, 3.8) is 0 Å². The smallest absolute Gasteiger partial charge is 0.0795 e. The predicted molar refractivity (Wildman–Crippen MR) is 90.4 cm³/mol. The van der Waals surface area contributed by atoms with Crippen LogP contribution < -0.4 is 10.2 Å². The second-order valence-corrected chi connectivity index (χ2v) is 6.42.